The van der Waals surface area contributed by atoms with E-state index in [1.807, 2.05) is 62.4 Å². The van der Waals surface area contributed by atoms with E-state index in [9.17, 15) is 4.79 Å². The molecule has 3 N–H and O–H groups in total. The molecule has 3 fully saturated rings. The van der Waals surface area contributed by atoms with E-state index in [1.54, 1.807) is 4.31 Å². The molecule has 1 aromatic carbocycles. The Morgan fingerprint density at radius 3 is 2.00 bits per heavy atom. The van der Waals surface area contributed by atoms with Gasteiger partial charge in [0.25, 0.3) is 5.91 Å². The lowest BCUT2D eigenvalue weighted by Gasteiger charge is -2.35. The molecule has 2 aromatic rings. The highest BCUT2D eigenvalue weighted by Crippen LogP contribution is 2.36. The zero-order chi connectivity index (χ0) is 32.3. The van der Waals surface area contributed by atoms with Crippen molar-refractivity contribution in [2.24, 2.45) is 22.6 Å². The van der Waals surface area contributed by atoms with Gasteiger partial charge in [-0.15, -0.1) is 0 Å². The number of amides is 1. The summed E-state index contributed by atoms with van der Waals surface area (Å²) in [6, 6.07) is 12.2. The van der Waals surface area contributed by atoms with Gasteiger partial charge in [-0.3, -0.25) is 14.0 Å². The number of primary amides is 1. The Bertz CT molecular complexity index is 1050. The number of aromatic nitrogens is 2. The number of nitrogens with one attached hydrogen (secondary N) is 1. The van der Waals surface area contributed by atoms with Crippen LogP contribution in [0.25, 0.3) is 0 Å². The summed E-state index contributed by atoms with van der Waals surface area (Å²) in [7, 11) is 5.69. The fraction of sp³-hybridized carbons (Fsp3) is 0.636. The van der Waals surface area contributed by atoms with Gasteiger partial charge in [0.2, 0.25) is 5.82 Å². The van der Waals surface area contributed by atoms with Gasteiger partial charge in [0.05, 0.1) is 19.9 Å². The largest absolute Gasteiger partial charge is 0.379 e. The van der Waals surface area contributed by atoms with Crippen molar-refractivity contribution in [1.82, 2.24) is 19.2 Å². The molecule has 44 heavy (non-hydrogen) atoms. The molecule has 3 aliphatic rings. The summed E-state index contributed by atoms with van der Waals surface area (Å²) < 4.78 is 7.11. The summed E-state index contributed by atoms with van der Waals surface area (Å²) in [5.74, 6) is 1.85. The molecule has 10 nitrogen and oxygen atoms in total. The molecule has 0 unspecified atom stereocenters. The van der Waals surface area contributed by atoms with Gasteiger partial charge in [-0.05, 0) is 52.4 Å². The van der Waals surface area contributed by atoms with E-state index in [4.69, 9.17) is 10.5 Å². The van der Waals surface area contributed by atoms with E-state index >= 15 is 0 Å². The Labute approximate surface area is 271 Å². The van der Waals surface area contributed by atoms with E-state index in [-0.39, 0.29) is 11.9 Å². The first-order valence-corrected chi connectivity index (χ1v) is 16.3. The summed E-state index contributed by atoms with van der Waals surface area (Å²) >= 11 is 3.80. The molecule has 1 atom stereocenters. The topological polar surface area (TPSA) is 112 Å². The molecule has 1 amide bonds. The third-order valence-corrected chi connectivity index (χ3v) is 7.92. The lowest BCUT2D eigenvalue weighted by molar-refractivity contribution is 0.0385. The molecule has 246 valence electrons. The first kappa shape index (κ1) is 37.5. The number of ether oxygens (including phenoxy) is 1. The number of rotatable bonds is 8. The third-order valence-electron chi connectivity index (χ3n) is 7.92. The van der Waals surface area contributed by atoms with Crippen LogP contribution in [-0.2, 0) is 4.74 Å². The first-order valence-electron chi connectivity index (χ1n) is 15.9. The molecular formula is C33H56N8O2S. The molecule has 0 radical (unpaired) electrons. The van der Waals surface area contributed by atoms with Crippen molar-refractivity contribution in [1.29, 1.82) is 0 Å². The Morgan fingerprint density at radius 2 is 1.59 bits per heavy atom. The van der Waals surface area contributed by atoms with Gasteiger partial charge in [0.1, 0.15) is 5.69 Å². The number of nitrogens with two attached hydrogens (primary N) is 1. The molecule has 2 saturated carbocycles. The average Bonchev–Trinajstić information content (AvgIpc) is 2.98. The third kappa shape index (κ3) is 14.4. The number of hydrogen-bond donors (Lipinski definition) is 3. The highest BCUT2D eigenvalue weighted by atomic mass is 32.1. The fourth-order valence-corrected chi connectivity index (χ4v) is 5.19. The summed E-state index contributed by atoms with van der Waals surface area (Å²) in [6.45, 7) is 12.0. The molecule has 5 rings (SSSR count). The zero-order valence-corrected chi connectivity index (χ0v) is 28.5. The Hall–Kier alpha value is -2.73. The lowest BCUT2D eigenvalue weighted by Crippen LogP contribution is -2.43. The van der Waals surface area contributed by atoms with E-state index in [0.717, 1.165) is 37.9 Å². The standard InChI is InChI=1S/C18H29N7O2.C7H14.C6H6.C2H7NS/c1-12(13-5-4-6-13)21-17-14(16(20-2)22-18(23-17)15(19)26)24(3)11-25-7-9-27-10-8-25;1-7-5-3-2-4-6-7;1-2-4-6-5-3-1;1-3(2)4/h12-13H,2,4-11H2,1,3H3,(H2,19,26)(H,21,22,23);7H,2-6H2,1H3;1-6H;4H,1-2H3/t12-;;;/m1.../s1. The number of anilines is 2. The van der Waals surface area contributed by atoms with Gasteiger partial charge >= 0.3 is 0 Å². The van der Waals surface area contributed by atoms with Crippen LogP contribution in [0.1, 0.15) is 75.8 Å². The Balaban J connectivity index is 0.000000319. The summed E-state index contributed by atoms with van der Waals surface area (Å²) in [6.07, 6.45) is 11.1. The minimum Gasteiger partial charge on any atom is -0.379 e. The summed E-state index contributed by atoms with van der Waals surface area (Å²) in [4.78, 5) is 28.7. The van der Waals surface area contributed by atoms with Crippen LogP contribution in [0.2, 0.25) is 0 Å². The molecule has 1 aliphatic heterocycles. The molecule has 2 heterocycles. The minimum atomic E-state index is -0.679. The second-order valence-electron chi connectivity index (χ2n) is 12.0. The Morgan fingerprint density at radius 1 is 1.05 bits per heavy atom. The molecule has 1 saturated heterocycles. The number of thiol groups is 1. The van der Waals surface area contributed by atoms with Crippen molar-refractivity contribution in [3.05, 3.63) is 42.2 Å². The van der Waals surface area contributed by atoms with Crippen LogP contribution in [-0.4, -0.2) is 92.0 Å². The molecule has 1 aromatic heterocycles. The minimum absolute atomic E-state index is 0.0516. The second-order valence-corrected chi connectivity index (χ2v) is 12.8. The van der Waals surface area contributed by atoms with Crippen LogP contribution in [0, 0.1) is 11.8 Å². The maximum Gasteiger partial charge on any atom is 0.286 e. The van der Waals surface area contributed by atoms with Crippen molar-refractivity contribution in [3.8, 4) is 0 Å². The van der Waals surface area contributed by atoms with Gasteiger partial charge in [-0.2, -0.15) is 0 Å². The van der Waals surface area contributed by atoms with E-state index in [1.165, 1.54) is 51.4 Å². The van der Waals surface area contributed by atoms with Crippen molar-refractivity contribution in [3.63, 3.8) is 0 Å². The van der Waals surface area contributed by atoms with Gasteiger partial charge in [0, 0.05) is 26.2 Å². The number of morpholine rings is 1. The van der Waals surface area contributed by atoms with Crippen LogP contribution in [0.5, 0.6) is 0 Å². The summed E-state index contributed by atoms with van der Waals surface area (Å²) in [5.41, 5.74) is 6.15. The normalized spacial score (nSPS) is 17.7. The van der Waals surface area contributed by atoms with Crippen LogP contribution < -0.4 is 16.0 Å². The van der Waals surface area contributed by atoms with Gasteiger partial charge < -0.3 is 20.7 Å². The van der Waals surface area contributed by atoms with Crippen molar-refractivity contribution >= 4 is 42.8 Å². The van der Waals surface area contributed by atoms with Crippen LogP contribution >= 0.6 is 12.8 Å². The summed E-state index contributed by atoms with van der Waals surface area (Å²) in [5, 5.41) is 3.47. The van der Waals surface area contributed by atoms with Crippen molar-refractivity contribution < 1.29 is 9.53 Å². The van der Waals surface area contributed by atoms with E-state index < -0.39 is 5.91 Å². The van der Waals surface area contributed by atoms with Crippen LogP contribution in [0.4, 0.5) is 17.3 Å². The van der Waals surface area contributed by atoms with Gasteiger partial charge in [-0.1, -0.05) is 94.7 Å². The Kier molecular flexibility index (Phi) is 17.9. The van der Waals surface area contributed by atoms with Gasteiger partial charge in [-0.25, -0.2) is 15.0 Å². The highest BCUT2D eigenvalue weighted by Gasteiger charge is 2.27. The predicted octanol–water partition coefficient (Wildman–Crippen LogP) is 5.90. The zero-order valence-electron chi connectivity index (χ0n) is 27.6. The fourth-order valence-electron chi connectivity index (χ4n) is 5.19. The van der Waals surface area contributed by atoms with Crippen molar-refractivity contribution in [2.75, 3.05) is 64.3 Å². The number of hydrogen-bond acceptors (Lipinski definition) is 10. The number of carbonyl (C=O) groups excluding carboxylic acids is 1. The lowest BCUT2D eigenvalue weighted by atomic mass is 9.80. The van der Waals surface area contributed by atoms with Crippen LogP contribution in [0.15, 0.2) is 41.4 Å². The number of nitrogens with zero attached hydrogens (tertiary/aromatic N) is 6. The maximum absolute atomic E-state index is 11.7. The van der Waals surface area contributed by atoms with Crippen LogP contribution in [0.3, 0.4) is 0 Å². The number of benzene rings is 1. The number of aliphatic imine (C=N–C) groups is 1. The van der Waals surface area contributed by atoms with Gasteiger partial charge in [0.15, 0.2) is 11.6 Å². The smallest absolute Gasteiger partial charge is 0.286 e. The van der Waals surface area contributed by atoms with E-state index in [0.29, 0.717) is 24.2 Å². The van der Waals surface area contributed by atoms with E-state index in [2.05, 4.69) is 58.6 Å². The molecule has 11 heteroatoms. The first-order chi connectivity index (χ1) is 21.1. The molecular weight excluding hydrogens is 572 g/mol. The number of carbonyl (C=O) groups is 1. The second kappa shape index (κ2) is 21.1. The molecule has 0 bridgehead atoms. The predicted molar refractivity (Wildman–Crippen MR) is 187 cm³/mol. The van der Waals surface area contributed by atoms with Crippen molar-refractivity contribution in [2.45, 2.75) is 71.3 Å². The quantitative estimate of drug-likeness (QED) is 0.245. The SMILES string of the molecule is C=Nc1nc(C(N)=O)nc(N[C@H](C)C2CCC2)c1N(C)CN1CCOCC1.CC1CCCCC1.CN(C)S.c1ccccc1. The monoisotopic (exact) mass is 628 g/mol. The average molecular weight is 629 g/mol. The molecule has 2 aliphatic carbocycles. The molecule has 0 spiro atoms. The highest BCUT2D eigenvalue weighted by molar-refractivity contribution is 7.77. The maximum atomic E-state index is 11.7.